The van der Waals surface area contributed by atoms with Gasteiger partial charge in [-0.3, -0.25) is 14.5 Å². The van der Waals surface area contributed by atoms with Gasteiger partial charge in [0.15, 0.2) is 0 Å². The van der Waals surface area contributed by atoms with E-state index in [1.165, 1.54) is 4.90 Å². The summed E-state index contributed by atoms with van der Waals surface area (Å²) in [6.45, 7) is 11.4. The lowest BCUT2D eigenvalue weighted by Crippen LogP contribution is -2.49. The summed E-state index contributed by atoms with van der Waals surface area (Å²) in [4.78, 5) is 26.1. The molecular formula is C16H30N2O3. The van der Waals surface area contributed by atoms with Gasteiger partial charge < -0.3 is 10.1 Å². The first-order valence-electron chi connectivity index (χ1n) is 8.15. The smallest absolute Gasteiger partial charge is 0.247 e. The number of imide groups is 1. The fourth-order valence-electron chi connectivity index (χ4n) is 2.75. The molecule has 2 amide bonds. The average molecular weight is 298 g/mol. The Hall–Kier alpha value is -0.940. The quantitative estimate of drug-likeness (QED) is 0.661. The van der Waals surface area contributed by atoms with Crippen molar-refractivity contribution in [3.63, 3.8) is 0 Å². The van der Waals surface area contributed by atoms with E-state index in [0.29, 0.717) is 19.1 Å². The monoisotopic (exact) mass is 298 g/mol. The highest BCUT2D eigenvalue weighted by molar-refractivity contribution is 6.05. The molecule has 2 unspecified atom stereocenters. The molecule has 122 valence electrons. The van der Waals surface area contributed by atoms with Gasteiger partial charge in [-0.05, 0) is 25.7 Å². The molecule has 0 saturated carbocycles. The topological polar surface area (TPSA) is 58.6 Å². The van der Waals surface area contributed by atoms with Crippen LogP contribution in [0.15, 0.2) is 0 Å². The van der Waals surface area contributed by atoms with Gasteiger partial charge in [-0.25, -0.2) is 0 Å². The molecule has 21 heavy (non-hydrogen) atoms. The summed E-state index contributed by atoms with van der Waals surface area (Å²) in [6.07, 6.45) is 1.89. The largest absolute Gasteiger partial charge is 0.380 e. The molecule has 0 aromatic carbocycles. The predicted octanol–water partition coefficient (Wildman–Crippen LogP) is 1.95. The highest BCUT2D eigenvalue weighted by atomic mass is 16.5. The Morgan fingerprint density at radius 1 is 1.24 bits per heavy atom. The van der Waals surface area contributed by atoms with Crippen molar-refractivity contribution in [2.75, 3.05) is 13.2 Å². The fourth-order valence-corrected chi connectivity index (χ4v) is 2.75. The van der Waals surface area contributed by atoms with Crippen LogP contribution in [0.4, 0.5) is 0 Å². The molecular weight excluding hydrogens is 268 g/mol. The molecule has 5 heteroatoms. The molecule has 0 spiro atoms. The van der Waals surface area contributed by atoms with E-state index in [1.807, 2.05) is 20.8 Å². The lowest BCUT2D eigenvalue weighted by atomic mass is 10.0. The van der Waals surface area contributed by atoms with Gasteiger partial charge in [-0.1, -0.05) is 27.7 Å². The third-order valence-corrected chi connectivity index (χ3v) is 4.21. The second-order valence-corrected chi connectivity index (χ2v) is 6.01. The fraction of sp³-hybridized carbons (Fsp3) is 0.875. The van der Waals surface area contributed by atoms with Gasteiger partial charge in [0, 0.05) is 18.7 Å². The summed E-state index contributed by atoms with van der Waals surface area (Å²) >= 11 is 0. The minimum atomic E-state index is -0.397. The molecule has 0 aromatic heterocycles. The number of nitrogens with one attached hydrogen (secondary N) is 1. The number of carbonyl (C=O) groups is 2. The molecule has 1 aliphatic rings. The number of carbonyl (C=O) groups excluding carboxylic acids is 2. The minimum absolute atomic E-state index is 0.0289. The van der Waals surface area contributed by atoms with Crippen LogP contribution < -0.4 is 5.32 Å². The molecule has 1 N–H and O–H groups in total. The van der Waals surface area contributed by atoms with Gasteiger partial charge in [0.1, 0.15) is 0 Å². The van der Waals surface area contributed by atoms with Crippen molar-refractivity contribution in [1.29, 1.82) is 0 Å². The van der Waals surface area contributed by atoms with Gasteiger partial charge in [-0.2, -0.15) is 0 Å². The minimum Gasteiger partial charge on any atom is -0.380 e. The zero-order chi connectivity index (χ0) is 16.0. The summed E-state index contributed by atoms with van der Waals surface area (Å²) in [5.74, 6) is 0.225. The van der Waals surface area contributed by atoms with Crippen molar-refractivity contribution in [1.82, 2.24) is 10.2 Å². The second-order valence-electron chi connectivity index (χ2n) is 6.01. The number of hydrogen-bond donors (Lipinski definition) is 1. The SMILES string of the molecule is CCOCC(NC1CC(=O)N(C(CC)CC)C1=O)C(C)C. The Kier molecular flexibility index (Phi) is 7.32. The molecule has 1 saturated heterocycles. The number of rotatable bonds is 9. The summed E-state index contributed by atoms with van der Waals surface area (Å²) in [5, 5.41) is 3.33. The first kappa shape index (κ1) is 18.1. The van der Waals surface area contributed by atoms with Crippen LogP contribution in [-0.4, -0.2) is 48.1 Å². The standard InChI is InChI=1S/C16H30N2O3/c1-6-12(7-2)18-15(19)9-13(16(18)20)17-14(11(4)5)10-21-8-3/h11-14,17H,6-10H2,1-5H3. The van der Waals surface area contributed by atoms with Crippen LogP contribution in [-0.2, 0) is 14.3 Å². The summed E-state index contributed by atoms with van der Waals surface area (Å²) < 4.78 is 5.47. The molecule has 1 aliphatic heterocycles. The van der Waals surface area contributed by atoms with E-state index in [1.54, 1.807) is 0 Å². The van der Waals surface area contributed by atoms with E-state index in [9.17, 15) is 9.59 Å². The van der Waals surface area contributed by atoms with Gasteiger partial charge in [0.2, 0.25) is 11.8 Å². The third-order valence-electron chi connectivity index (χ3n) is 4.21. The zero-order valence-electron chi connectivity index (χ0n) is 14.0. The Balaban J connectivity index is 2.72. The van der Waals surface area contributed by atoms with Gasteiger partial charge in [0.25, 0.3) is 0 Å². The van der Waals surface area contributed by atoms with E-state index >= 15 is 0 Å². The second kappa shape index (κ2) is 8.49. The zero-order valence-corrected chi connectivity index (χ0v) is 14.0. The van der Waals surface area contributed by atoms with E-state index in [-0.39, 0.29) is 30.3 Å². The van der Waals surface area contributed by atoms with E-state index in [0.717, 1.165) is 12.8 Å². The highest BCUT2D eigenvalue weighted by Crippen LogP contribution is 2.21. The molecule has 0 aliphatic carbocycles. The van der Waals surface area contributed by atoms with Crippen LogP contribution in [0.1, 0.15) is 53.9 Å². The number of amides is 2. The van der Waals surface area contributed by atoms with Crippen LogP contribution in [0.5, 0.6) is 0 Å². The van der Waals surface area contributed by atoms with E-state index in [4.69, 9.17) is 4.74 Å². The molecule has 0 aromatic rings. The van der Waals surface area contributed by atoms with Gasteiger partial charge >= 0.3 is 0 Å². The van der Waals surface area contributed by atoms with Crippen molar-refractivity contribution in [3.8, 4) is 0 Å². The third kappa shape index (κ3) is 4.51. The van der Waals surface area contributed by atoms with Crippen LogP contribution in [0.2, 0.25) is 0 Å². The molecule has 1 heterocycles. The summed E-state index contributed by atoms with van der Waals surface area (Å²) in [5.41, 5.74) is 0. The number of nitrogens with zero attached hydrogens (tertiary/aromatic N) is 1. The first-order chi connectivity index (χ1) is 9.96. The Morgan fingerprint density at radius 3 is 2.33 bits per heavy atom. The Labute approximate surface area is 128 Å². The van der Waals surface area contributed by atoms with Crippen molar-refractivity contribution in [2.45, 2.75) is 72.0 Å². The molecule has 0 bridgehead atoms. The molecule has 5 nitrogen and oxygen atoms in total. The van der Waals surface area contributed by atoms with Crippen LogP contribution in [0.3, 0.4) is 0 Å². The van der Waals surface area contributed by atoms with E-state index in [2.05, 4.69) is 19.2 Å². The maximum Gasteiger partial charge on any atom is 0.247 e. The van der Waals surface area contributed by atoms with Crippen molar-refractivity contribution in [3.05, 3.63) is 0 Å². The lowest BCUT2D eigenvalue weighted by Gasteiger charge is -2.27. The van der Waals surface area contributed by atoms with Crippen molar-refractivity contribution >= 4 is 11.8 Å². The number of likely N-dealkylation sites (tertiary alicyclic amines) is 1. The van der Waals surface area contributed by atoms with Crippen LogP contribution >= 0.6 is 0 Å². The number of ether oxygens (including phenoxy) is 1. The Morgan fingerprint density at radius 2 is 1.86 bits per heavy atom. The van der Waals surface area contributed by atoms with Crippen LogP contribution in [0.25, 0.3) is 0 Å². The summed E-state index contributed by atoms with van der Waals surface area (Å²) in [6, 6.07) is -0.277. The maximum atomic E-state index is 12.5. The first-order valence-corrected chi connectivity index (χ1v) is 8.15. The highest BCUT2D eigenvalue weighted by Gasteiger charge is 2.42. The molecule has 1 rings (SSSR count). The number of hydrogen-bond acceptors (Lipinski definition) is 4. The summed E-state index contributed by atoms with van der Waals surface area (Å²) in [7, 11) is 0. The van der Waals surface area contributed by atoms with Crippen molar-refractivity contribution in [2.24, 2.45) is 5.92 Å². The van der Waals surface area contributed by atoms with Gasteiger partial charge in [0.05, 0.1) is 19.1 Å². The normalized spacial score (nSPS) is 20.9. The molecule has 2 atom stereocenters. The maximum absolute atomic E-state index is 12.5. The van der Waals surface area contributed by atoms with E-state index < -0.39 is 6.04 Å². The van der Waals surface area contributed by atoms with Crippen molar-refractivity contribution < 1.29 is 14.3 Å². The van der Waals surface area contributed by atoms with Gasteiger partial charge in [-0.15, -0.1) is 0 Å². The van der Waals surface area contributed by atoms with Crippen LogP contribution in [0, 0.1) is 5.92 Å². The molecule has 1 fully saturated rings. The Bertz CT molecular complexity index is 353. The average Bonchev–Trinajstić information content (AvgIpc) is 2.72. The predicted molar refractivity (Wildman–Crippen MR) is 82.9 cm³/mol. The molecule has 0 radical (unpaired) electrons. The lowest BCUT2D eigenvalue weighted by molar-refractivity contribution is -0.141.